The minimum atomic E-state index is 0.201. The lowest BCUT2D eigenvalue weighted by atomic mass is 10.1. The molecule has 0 radical (unpaired) electrons. The highest BCUT2D eigenvalue weighted by Gasteiger charge is 2.21. The van der Waals surface area contributed by atoms with Crippen molar-refractivity contribution >= 4 is 5.91 Å². The summed E-state index contributed by atoms with van der Waals surface area (Å²) >= 11 is 0. The van der Waals surface area contributed by atoms with E-state index in [0.717, 1.165) is 25.9 Å². The molecule has 0 aromatic carbocycles. The van der Waals surface area contributed by atoms with Gasteiger partial charge in [-0.1, -0.05) is 0 Å². The quantitative estimate of drug-likeness (QED) is 0.763. The molecule has 0 saturated carbocycles. The van der Waals surface area contributed by atoms with Gasteiger partial charge in [-0.2, -0.15) is 0 Å². The van der Waals surface area contributed by atoms with E-state index >= 15 is 0 Å². The molecule has 1 amide bonds. The van der Waals surface area contributed by atoms with Crippen molar-refractivity contribution in [2.75, 3.05) is 26.7 Å². The number of carbonyl (C=O) groups is 1. The lowest BCUT2D eigenvalue weighted by molar-refractivity contribution is -0.133. The Kier molecular flexibility index (Phi) is 5.77. The third kappa shape index (κ3) is 4.49. The predicted molar refractivity (Wildman–Crippen MR) is 64.4 cm³/mol. The zero-order valence-corrected chi connectivity index (χ0v) is 10.7. The molecule has 1 saturated heterocycles. The smallest absolute Gasteiger partial charge is 0.224 e. The van der Waals surface area contributed by atoms with Crippen LogP contribution in [0.25, 0.3) is 0 Å². The van der Waals surface area contributed by atoms with Gasteiger partial charge in [-0.05, 0) is 39.8 Å². The van der Waals surface area contributed by atoms with Crippen molar-refractivity contribution in [1.82, 2.24) is 10.2 Å². The van der Waals surface area contributed by atoms with Crippen molar-refractivity contribution < 1.29 is 9.53 Å². The van der Waals surface area contributed by atoms with Crippen molar-refractivity contribution in [2.24, 2.45) is 0 Å². The third-order valence-corrected chi connectivity index (χ3v) is 3.02. The van der Waals surface area contributed by atoms with E-state index in [0.29, 0.717) is 19.1 Å². The maximum absolute atomic E-state index is 11.8. The second kappa shape index (κ2) is 6.86. The van der Waals surface area contributed by atoms with Gasteiger partial charge in [-0.3, -0.25) is 4.79 Å². The largest absolute Gasteiger partial charge is 0.378 e. The first-order valence-corrected chi connectivity index (χ1v) is 6.19. The van der Waals surface area contributed by atoms with Gasteiger partial charge in [0.2, 0.25) is 5.91 Å². The summed E-state index contributed by atoms with van der Waals surface area (Å²) in [5, 5.41) is 3.30. The van der Waals surface area contributed by atoms with Gasteiger partial charge in [0.15, 0.2) is 0 Å². The summed E-state index contributed by atoms with van der Waals surface area (Å²) in [7, 11) is 1.91. The van der Waals surface area contributed by atoms with Crippen molar-refractivity contribution in [1.29, 1.82) is 0 Å². The molecule has 1 fully saturated rings. The molecule has 0 bridgehead atoms. The van der Waals surface area contributed by atoms with Crippen LogP contribution in [0, 0.1) is 0 Å². The van der Waals surface area contributed by atoms with Crippen LogP contribution >= 0.6 is 0 Å². The predicted octanol–water partition coefficient (Wildman–Crippen LogP) is 1.01. The molecule has 4 heteroatoms. The number of carbonyl (C=O) groups excluding carboxylic acids is 1. The molecule has 0 spiro atoms. The molecule has 1 N–H and O–H groups in total. The Morgan fingerprint density at radius 2 is 2.06 bits per heavy atom. The first kappa shape index (κ1) is 13.5. The summed E-state index contributed by atoms with van der Waals surface area (Å²) in [6, 6.07) is 0.410. The number of piperidine rings is 1. The first-order valence-electron chi connectivity index (χ1n) is 6.19. The van der Waals surface area contributed by atoms with Crippen molar-refractivity contribution in [3.8, 4) is 0 Å². The fourth-order valence-electron chi connectivity index (χ4n) is 1.96. The SMILES string of the molecule is CC(C)OCCC(=O)N(C)C1CCNCC1. The van der Waals surface area contributed by atoms with Crippen LogP contribution in [0.15, 0.2) is 0 Å². The monoisotopic (exact) mass is 228 g/mol. The second-order valence-corrected chi connectivity index (χ2v) is 4.66. The summed E-state index contributed by atoms with van der Waals surface area (Å²) in [6.07, 6.45) is 2.83. The van der Waals surface area contributed by atoms with E-state index < -0.39 is 0 Å². The molecule has 4 nitrogen and oxygen atoms in total. The van der Waals surface area contributed by atoms with Crippen molar-refractivity contribution in [3.05, 3.63) is 0 Å². The van der Waals surface area contributed by atoms with Gasteiger partial charge in [0.1, 0.15) is 0 Å². The summed E-state index contributed by atoms with van der Waals surface area (Å²) in [5.41, 5.74) is 0. The normalized spacial score (nSPS) is 17.8. The van der Waals surface area contributed by atoms with Crippen LogP contribution in [0.3, 0.4) is 0 Å². The van der Waals surface area contributed by atoms with Crippen LogP contribution in [0.2, 0.25) is 0 Å². The van der Waals surface area contributed by atoms with Gasteiger partial charge in [0, 0.05) is 13.1 Å². The van der Waals surface area contributed by atoms with Gasteiger partial charge < -0.3 is 15.0 Å². The highest BCUT2D eigenvalue weighted by molar-refractivity contribution is 5.76. The summed E-state index contributed by atoms with van der Waals surface area (Å²) in [4.78, 5) is 13.7. The Morgan fingerprint density at radius 3 is 2.62 bits per heavy atom. The van der Waals surface area contributed by atoms with Crippen molar-refractivity contribution in [3.63, 3.8) is 0 Å². The molecule has 0 atom stereocenters. The van der Waals surface area contributed by atoms with Crippen LogP contribution in [0.1, 0.15) is 33.1 Å². The molecule has 1 aliphatic rings. The highest BCUT2D eigenvalue weighted by Crippen LogP contribution is 2.11. The zero-order chi connectivity index (χ0) is 12.0. The molecular weight excluding hydrogens is 204 g/mol. The van der Waals surface area contributed by atoms with Gasteiger partial charge in [-0.15, -0.1) is 0 Å². The maximum atomic E-state index is 11.8. The van der Waals surface area contributed by atoms with E-state index in [1.54, 1.807) is 0 Å². The highest BCUT2D eigenvalue weighted by atomic mass is 16.5. The van der Waals surface area contributed by atoms with E-state index in [4.69, 9.17) is 4.74 Å². The van der Waals surface area contributed by atoms with Crippen LogP contribution in [0.5, 0.6) is 0 Å². The number of rotatable bonds is 5. The second-order valence-electron chi connectivity index (χ2n) is 4.66. The number of hydrogen-bond donors (Lipinski definition) is 1. The van der Waals surface area contributed by atoms with Gasteiger partial charge in [0.05, 0.1) is 19.1 Å². The summed E-state index contributed by atoms with van der Waals surface area (Å²) in [6.45, 7) is 6.55. The Hall–Kier alpha value is -0.610. The number of nitrogens with zero attached hydrogens (tertiary/aromatic N) is 1. The van der Waals surface area contributed by atoms with Crippen LogP contribution in [0.4, 0.5) is 0 Å². The standard InChI is InChI=1S/C12H24N2O2/c1-10(2)16-9-6-12(15)14(3)11-4-7-13-8-5-11/h10-11,13H,4-9H2,1-3H3. The van der Waals surface area contributed by atoms with E-state index in [2.05, 4.69) is 5.32 Å². The van der Waals surface area contributed by atoms with Gasteiger partial charge in [0.25, 0.3) is 0 Å². The first-order chi connectivity index (χ1) is 7.61. The topological polar surface area (TPSA) is 41.6 Å². The minimum absolute atomic E-state index is 0.201. The maximum Gasteiger partial charge on any atom is 0.224 e. The molecule has 94 valence electrons. The summed E-state index contributed by atoms with van der Waals surface area (Å²) in [5.74, 6) is 0.201. The van der Waals surface area contributed by atoms with E-state index in [1.807, 2.05) is 25.8 Å². The van der Waals surface area contributed by atoms with Crippen LogP contribution < -0.4 is 5.32 Å². The average molecular weight is 228 g/mol. The Labute approximate surface area is 98.3 Å². The lowest BCUT2D eigenvalue weighted by Crippen LogP contribution is -2.44. The Bertz CT molecular complexity index is 213. The number of nitrogens with one attached hydrogen (secondary N) is 1. The molecule has 1 heterocycles. The fourth-order valence-corrected chi connectivity index (χ4v) is 1.96. The zero-order valence-electron chi connectivity index (χ0n) is 10.7. The van der Waals surface area contributed by atoms with Crippen LogP contribution in [-0.4, -0.2) is 49.7 Å². The van der Waals surface area contributed by atoms with Gasteiger partial charge in [-0.25, -0.2) is 0 Å². The molecule has 0 aromatic heterocycles. The summed E-state index contributed by atoms with van der Waals surface area (Å²) < 4.78 is 5.39. The molecule has 1 rings (SSSR count). The number of ether oxygens (including phenoxy) is 1. The van der Waals surface area contributed by atoms with E-state index in [1.165, 1.54) is 0 Å². The Balaban J connectivity index is 2.23. The average Bonchev–Trinajstić information content (AvgIpc) is 2.28. The minimum Gasteiger partial charge on any atom is -0.378 e. The number of hydrogen-bond acceptors (Lipinski definition) is 3. The molecule has 0 aromatic rings. The van der Waals surface area contributed by atoms with E-state index in [9.17, 15) is 4.79 Å². The third-order valence-electron chi connectivity index (χ3n) is 3.02. The molecular formula is C12H24N2O2. The Morgan fingerprint density at radius 1 is 1.44 bits per heavy atom. The molecule has 0 aliphatic carbocycles. The van der Waals surface area contributed by atoms with Crippen LogP contribution in [-0.2, 0) is 9.53 Å². The number of amides is 1. The molecule has 0 unspecified atom stereocenters. The lowest BCUT2D eigenvalue weighted by Gasteiger charge is -2.31. The molecule has 1 aliphatic heterocycles. The fraction of sp³-hybridized carbons (Fsp3) is 0.917. The molecule has 16 heavy (non-hydrogen) atoms. The van der Waals surface area contributed by atoms with Gasteiger partial charge >= 0.3 is 0 Å². The van der Waals surface area contributed by atoms with E-state index in [-0.39, 0.29) is 12.0 Å². The van der Waals surface area contributed by atoms with Crippen molar-refractivity contribution in [2.45, 2.75) is 45.3 Å².